The number of carbonyl (C=O) groups is 3. The molecule has 0 aliphatic carbocycles. The lowest BCUT2D eigenvalue weighted by Crippen LogP contribution is -2.20. The third-order valence-corrected chi connectivity index (χ3v) is 1.09. The maximum Gasteiger partial charge on any atom is 0.330 e. The molecule has 2 amide bonds. The van der Waals surface area contributed by atoms with Gasteiger partial charge in [-0.3, -0.25) is 9.59 Å². The fourth-order valence-corrected chi connectivity index (χ4v) is 0.351. The first-order chi connectivity index (χ1) is 8.89. The Morgan fingerprint density at radius 2 is 1.68 bits per heavy atom. The van der Waals surface area contributed by atoms with Crippen molar-refractivity contribution >= 4 is 17.8 Å². The third kappa shape index (κ3) is 31.3. The molecule has 0 unspecified atom stereocenters. The van der Waals surface area contributed by atoms with Crippen LogP contribution in [-0.4, -0.2) is 36.2 Å². The molecule has 0 aliphatic rings. The van der Waals surface area contributed by atoms with Crippen molar-refractivity contribution in [3.05, 3.63) is 38.0 Å². The standard InChI is InChI=1S/C5H8O2.C4H7NO2.C3H5NO/c1-3-5(6)7-4-2;1-2-4(7)5-3-6;1-2-3(4)5/h3H,1,4H2,2H3;2,6H,1,3H2,(H,5,7);2H,1H2,(H2,4,5). The van der Waals surface area contributed by atoms with Crippen LogP contribution in [0.15, 0.2) is 38.0 Å². The number of carbonyl (C=O) groups excluding carboxylic acids is 3. The van der Waals surface area contributed by atoms with Crippen molar-refractivity contribution in [3.8, 4) is 0 Å². The van der Waals surface area contributed by atoms with Crippen molar-refractivity contribution in [1.82, 2.24) is 5.32 Å². The molecular formula is C12H20N2O5. The summed E-state index contributed by atoms with van der Waals surface area (Å²) in [4.78, 5) is 29.6. The van der Waals surface area contributed by atoms with E-state index in [9.17, 15) is 14.4 Å². The van der Waals surface area contributed by atoms with E-state index < -0.39 is 5.91 Å². The monoisotopic (exact) mass is 272 g/mol. The van der Waals surface area contributed by atoms with Crippen LogP contribution < -0.4 is 11.1 Å². The zero-order valence-electron chi connectivity index (χ0n) is 10.9. The highest BCUT2D eigenvalue weighted by Gasteiger charge is 1.86. The van der Waals surface area contributed by atoms with Gasteiger partial charge in [0.25, 0.3) is 0 Å². The molecule has 0 aromatic rings. The highest BCUT2D eigenvalue weighted by atomic mass is 16.5. The van der Waals surface area contributed by atoms with Gasteiger partial charge in [0.05, 0.1) is 6.61 Å². The predicted octanol–water partition coefficient (Wildman–Crippen LogP) is -0.368. The molecule has 108 valence electrons. The van der Waals surface area contributed by atoms with E-state index in [1.807, 2.05) is 0 Å². The normalized spacial score (nSPS) is 7.26. The van der Waals surface area contributed by atoms with E-state index in [1.165, 1.54) is 0 Å². The molecule has 0 radical (unpaired) electrons. The maximum absolute atomic E-state index is 10.1. The molecule has 0 saturated carbocycles. The summed E-state index contributed by atoms with van der Waals surface area (Å²) >= 11 is 0. The van der Waals surface area contributed by atoms with Gasteiger partial charge in [-0.2, -0.15) is 0 Å². The Labute approximate surface area is 112 Å². The molecule has 0 spiro atoms. The minimum absolute atomic E-state index is 0.329. The van der Waals surface area contributed by atoms with Gasteiger partial charge in [0.1, 0.15) is 6.73 Å². The van der Waals surface area contributed by atoms with Gasteiger partial charge in [-0.25, -0.2) is 4.79 Å². The van der Waals surface area contributed by atoms with E-state index in [-0.39, 0.29) is 18.6 Å². The van der Waals surface area contributed by atoms with Crippen LogP contribution in [0.1, 0.15) is 6.92 Å². The quantitative estimate of drug-likeness (QED) is 0.358. The molecule has 0 heterocycles. The van der Waals surface area contributed by atoms with Crippen LogP contribution >= 0.6 is 0 Å². The second-order valence-electron chi connectivity index (χ2n) is 2.47. The van der Waals surface area contributed by atoms with Gasteiger partial charge < -0.3 is 20.9 Å². The van der Waals surface area contributed by atoms with Gasteiger partial charge in [-0.1, -0.05) is 19.7 Å². The number of primary amides is 1. The summed E-state index contributed by atoms with van der Waals surface area (Å²) in [5, 5.41) is 10.1. The predicted molar refractivity (Wildman–Crippen MR) is 71.6 cm³/mol. The second-order valence-corrected chi connectivity index (χ2v) is 2.47. The lowest BCUT2D eigenvalue weighted by Gasteiger charge is -1.90. The number of hydrogen-bond donors (Lipinski definition) is 3. The molecule has 0 atom stereocenters. The lowest BCUT2D eigenvalue weighted by atomic mass is 10.6. The molecule has 7 heteroatoms. The molecule has 0 aliphatic heterocycles. The number of ether oxygens (including phenoxy) is 1. The number of hydrogen-bond acceptors (Lipinski definition) is 5. The highest BCUT2D eigenvalue weighted by Crippen LogP contribution is 1.74. The topological polar surface area (TPSA) is 119 Å². The van der Waals surface area contributed by atoms with E-state index in [0.717, 1.165) is 18.2 Å². The molecule has 7 nitrogen and oxygen atoms in total. The smallest absolute Gasteiger partial charge is 0.330 e. The molecule has 4 N–H and O–H groups in total. The van der Waals surface area contributed by atoms with Crippen molar-refractivity contribution in [2.24, 2.45) is 5.73 Å². The number of esters is 1. The first-order valence-electron chi connectivity index (χ1n) is 5.11. The summed E-state index contributed by atoms with van der Waals surface area (Å²) in [5.74, 6) is -1.20. The summed E-state index contributed by atoms with van der Waals surface area (Å²) in [6.45, 7) is 11.3. The molecule has 0 aromatic heterocycles. The average Bonchev–Trinajstić information content (AvgIpc) is 2.40. The fraction of sp³-hybridized carbons (Fsp3) is 0.250. The molecule has 19 heavy (non-hydrogen) atoms. The average molecular weight is 272 g/mol. The number of rotatable bonds is 5. The Morgan fingerprint density at radius 1 is 1.21 bits per heavy atom. The Balaban J connectivity index is -0.000000206. The van der Waals surface area contributed by atoms with Crippen LogP contribution in [0.25, 0.3) is 0 Å². The largest absolute Gasteiger partial charge is 0.463 e. The van der Waals surface area contributed by atoms with Crippen molar-refractivity contribution in [2.75, 3.05) is 13.3 Å². The second kappa shape index (κ2) is 18.0. The minimum Gasteiger partial charge on any atom is -0.463 e. The number of aliphatic hydroxyl groups excluding tert-OH is 1. The zero-order valence-corrected chi connectivity index (χ0v) is 10.9. The van der Waals surface area contributed by atoms with Gasteiger partial charge in [0.15, 0.2) is 0 Å². The third-order valence-electron chi connectivity index (χ3n) is 1.09. The summed E-state index contributed by atoms with van der Waals surface area (Å²) in [6.07, 6.45) is 3.29. The Kier molecular flexibility index (Phi) is 20.6. The Hall–Kier alpha value is -2.41. The first-order valence-corrected chi connectivity index (χ1v) is 5.11. The van der Waals surface area contributed by atoms with Gasteiger partial charge >= 0.3 is 5.97 Å². The number of nitrogens with two attached hydrogens (primary N) is 1. The van der Waals surface area contributed by atoms with Crippen LogP contribution in [-0.2, 0) is 19.1 Å². The molecule has 0 bridgehead atoms. The summed E-state index contributed by atoms with van der Waals surface area (Å²) in [5.41, 5.74) is 4.53. The van der Waals surface area contributed by atoms with Crippen molar-refractivity contribution in [2.45, 2.75) is 6.92 Å². The van der Waals surface area contributed by atoms with Crippen LogP contribution in [0.5, 0.6) is 0 Å². The van der Waals surface area contributed by atoms with Gasteiger partial charge in [-0.15, -0.1) is 0 Å². The Bertz CT molecular complexity index is 291. The van der Waals surface area contributed by atoms with E-state index >= 15 is 0 Å². The van der Waals surface area contributed by atoms with Crippen LogP contribution in [0, 0.1) is 0 Å². The number of nitrogens with one attached hydrogen (secondary N) is 1. The Morgan fingerprint density at radius 3 is 1.79 bits per heavy atom. The van der Waals surface area contributed by atoms with Crippen LogP contribution in [0.4, 0.5) is 0 Å². The molecule has 0 fully saturated rings. The SMILES string of the molecule is C=CC(=O)NCO.C=CC(=O)OCC.C=CC(N)=O. The molecule has 0 saturated heterocycles. The minimum atomic E-state index is -0.481. The van der Waals surface area contributed by atoms with Gasteiger partial charge in [0.2, 0.25) is 11.8 Å². The highest BCUT2D eigenvalue weighted by molar-refractivity contribution is 5.86. The maximum atomic E-state index is 10.1. The van der Waals surface area contributed by atoms with Crippen LogP contribution in [0.2, 0.25) is 0 Å². The summed E-state index contributed by atoms with van der Waals surface area (Å²) in [7, 11) is 0. The van der Waals surface area contributed by atoms with E-state index in [0.29, 0.717) is 6.61 Å². The zero-order chi connectivity index (χ0) is 15.7. The number of aliphatic hydroxyl groups is 1. The number of amides is 2. The lowest BCUT2D eigenvalue weighted by molar-refractivity contribution is -0.137. The van der Waals surface area contributed by atoms with Gasteiger partial charge in [-0.05, 0) is 19.1 Å². The molecular weight excluding hydrogens is 252 g/mol. The van der Waals surface area contributed by atoms with E-state index in [1.54, 1.807) is 6.92 Å². The first kappa shape index (κ1) is 21.8. The van der Waals surface area contributed by atoms with Crippen molar-refractivity contribution < 1.29 is 24.2 Å². The molecule has 0 rings (SSSR count). The van der Waals surface area contributed by atoms with Crippen LogP contribution in [0.3, 0.4) is 0 Å². The van der Waals surface area contributed by atoms with Crippen molar-refractivity contribution in [1.29, 1.82) is 0 Å². The fourth-order valence-electron chi connectivity index (χ4n) is 0.351. The summed E-state index contributed by atoms with van der Waals surface area (Å²) in [6, 6.07) is 0. The van der Waals surface area contributed by atoms with E-state index in [4.69, 9.17) is 5.11 Å². The van der Waals surface area contributed by atoms with Gasteiger partial charge in [0, 0.05) is 6.08 Å². The van der Waals surface area contributed by atoms with E-state index in [2.05, 4.69) is 35.5 Å². The summed E-state index contributed by atoms with van der Waals surface area (Å²) < 4.78 is 4.43. The molecule has 0 aromatic carbocycles. The van der Waals surface area contributed by atoms with Crippen molar-refractivity contribution in [3.63, 3.8) is 0 Å².